The van der Waals surface area contributed by atoms with Gasteiger partial charge in [0, 0.05) is 41.2 Å². The summed E-state index contributed by atoms with van der Waals surface area (Å²) in [5.74, 6) is -0.202. The number of ketones is 1. The van der Waals surface area contributed by atoms with E-state index >= 15 is 0 Å². The van der Waals surface area contributed by atoms with Gasteiger partial charge in [-0.1, -0.05) is 109 Å². The predicted molar refractivity (Wildman–Crippen MR) is 261 cm³/mol. The summed E-state index contributed by atoms with van der Waals surface area (Å²) in [6.45, 7) is 6.52. The number of aryl methyl sites for hydroxylation is 2. The second-order valence-corrected chi connectivity index (χ2v) is 20.3. The number of aromatic nitrogens is 1. The summed E-state index contributed by atoms with van der Waals surface area (Å²) in [6.07, 6.45) is 5.44. The molecule has 1 aliphatic rings. The van der Waals surface area contributed by atoms with Crippen LogP contribution in [0.5, 0.6) is 0 Å². The number of anilines is 1. The van der Waals surface area contributed by atoms with Crippen molar-refractivity contribution < 1.29 is 23.5 Å². The maximum atomic E-state index is 14.3. The number of benzene rings is 5. The summed E-state index contributed by atoms with van der Waals surface area (Å²) in [7, 11) is 0. The number of nitrogens with one attached hydrogen (secondary N) is 2. The molecule has 0 aliphatic carbocycles. The minimum Gasteiger partial charge on any atom is -0.444 e. The van der Waals surface area contributed by atoms with Crippen LogP contribution in [0.4, 0.5) is 14.9 Å². The highest BCUT2D eigenvalue weighted by Crippen LogP contribution is 2.52. The number of rotatable bonds is 18. The Morgan fingerprint density at radius 2 is 1.48 bits per heavy atom. The van der Waals surface area contributed by atoms with Gasteiger partial charge in [-0.3, -0.25) is 9.59 Å². The number of thioether (sulfide) groups is 2. The molecule has 3 atom stereocenters. The standard InChI is InChI=1S/C52H55FN4O4S3/c1-51(2,3)61-50(60)57-35-44(64-52(38-14-8-5-9-15-38,39-16-10-6-11-17-39)40-18-12-7-13-19-40)33-43(57)34-55-42-27-24-37(23-20-36-21-25-41(53)26-22-36)45(32-42)48(59)56-46(28-30-62-4)47(58)49-54-29-31-63-49/h5-19,21-22,24-27,29,31-32,43-44,46,55H,20,23,28,30,33-35H2,1-4H3,(H,56,59)/t43-,44-,46-/m0/s1. The fourth-order valence-electron chi connectivity index (χ4n) is 8.19. The van der Waals surface area contributed by atoms with Crippen LogP contribution in [0.1, 0.15) is 81.6 Å². The number of ether oxygens (including phenoxy) is 1. The first kappa shape index (κ1) is 46.6. The van der Waals surface area contributed by atoms with Crippen LogP contribution in [0, 0.1) is 5.82 Å². The molecule has 1 saturated heterocycles. The van der Waals surface area contributed by atoms with Gasteiger partial charge in [-0.15, -0.1) is 23.1 Å². The molecule has 8 nitrogen and oxygen atoms in total. The van der Waals surface area contributed by atoms with Crippen molar-refractivity contribution in [1.82, 2.24) is 15.2 Å². The molecular weight excluding hydrogens is 860 g/mol. The van der Waals surface area contributed by atoms with E-state index in [1.807, 2.05) is 80.1 Å². The Morgan fingerprint density at radius 1 is 0.859 bits per heavy atom. The SMILES string of the molecule is CSCC[C@H](NC(=O)c1cc(NC[C@@H]2C[C@H](SC(c3ccccc3)(c3ccccc3)c3ccccc3)CN2C(=O)OC(C)(C)C)ccc1CCc1ccc(F)cc1)C(=O)c1nccs1. The Morgan fingerprint density at radius 3 is 2.05 bits per heavy atom. The minimum atomic E-state index is -0.752. The molecular formula is C52H55FN4O4S3. The molecule has 2 heterocycles. The molecule has 5 aromatic carbocycles. The van der Waals surface area contributed by atoms with Gasteiger partial charge in [-0.2, -0.15) is 11.8 Å². The molecule has 332 valence electrons. The number of nitrogens with zero attached hydrogens (tertiary/aromatic N) is 2. The van der Waals surface area contributed by atoms with Crippen LogP contribution >= 0.6 is 34.9 Å². The zero-order valence-electron chi connectivity index (χ0n) is 36.7. The zero-order chi connectivity index (χ0) is 45.1. The van der Waals surface area contributed by atoms with E-state index in [1.165, 1.54) is 23.5 Å². The van der Waals surface area contributed by atoms with E-state index in [0.29, 0.717) is 60.8 Å². The zero-order valence-corrected chi connectivity index (χ0v) is 39.1. The van der Waals surface area contributed by atoms with Gasteiger partial charge in [0.1, 0.15) is 11.4 Å². The number of amides is 2. The quantitative estimate of drug-likeness (QED) is 0.0650. The lowest BCUT2D eigenvalue weighted by Gasteiger charge is -2.37. The first-order chi connectivity index (χ1) is 30.9. The van der Waals surface area contributed by atoms with E-state index in [1.54, 1.807) is 35.5 Å². The molecule has 0 saturated carbocycles. The largest absolute Gasteiger partial charge is 0.444 e. The number of carbonyl (C=O) groups excluding carboxylic acids is 3. The van der Waals surface area contributed by atoms with Gasteiger partial charge in [0.2, 0.25) is 5.78 Å². The van der Waals surface area contributed by atoms with Crippen molar-refractivity contribution in [1.29, 1.82) is 0 Å². The Balaban J connectivity index is 1.18. The van der Waals surface area contributed by atoms with Gasteiger partial charge >= 0.3 is 6.09 Å². The van der Waals surface area contributed by atoms with Crippen LogP contribution in [-0.2, 0) is 22.3 Å². The minimum absolute atomic E-state index is 0.0173. The summed E-state index contributed by atoms with van der Waals surface area (Å²) in [4.78, 5) is 48.1. The lowest BCUT2D eigenvalue weighted by molar-refractivity contribution is 0.0235. The molecule has 6 aromatic rings. The Labute approximate surface area is 388 Å². The number of likely N-dealkylation sites (tertiary alicyclic amines) is 1. The van der Waals surface area contributed by atoms with E-state index < -0.39 is 16.4 Å². The van der Waals surface area contributed by atoms with E-state index in [-0.39, 0.29) is 34.9 Å². The summed E-state index contributed by atoms with van der Waals surface area (Å²) in [5, 5.41) is 8.77. The third-order valence-corrected chi connectivity index (χ3v) is 14.4. The van der Waals surface area contributed by atoms with Crippen LogP contribution in [0.25, 0.3) is 0 Å². The third kappa shape index (κ3) is 11.6. The average Bonchev–Trinajstić information content (AvgIpc) is 4.00. The Hall–Kier alpha value is -5.43. The summed E-state index contributed by atoms with van der Waals surface area (Å²) < 4.78 is 19.2. The molecule has 0 radical (unpaired) electrons. The number of halogens is 1. The van der Waals surface area contributed by atoms with Gasteiger partial charge in [0.15, 0.2) is 5.01 Å². The Kier molecular flexibility index (Phi) is 15.6. The number of carbonyl (C=O) groups is 3. The van der Waals surface area contributed by atoms with Crippen molar-refractivity contribution >= 4 is 58.3 Å². The van der Waals surface area contributed by atoms with E-state index in [9.17, 15) is 18.8 Å². The van der Waals surface area contributed by atoms with Crippen molar-refractivity contribution in [2.45, 2.75) is 74.1 Å². The first-order valence-corrected chi connectivity index (χ1v) is 24.8. The molecule has 0 bridgehead atoms. The fourth-order valence-corrected chi connectivity index (χ4v) is 11.2. The lowest BCUT2D eigenvalue weighted by atomic mass is 9.84. The van der Waals surface area contributed by atoms with Gasteiger partial charge in [0.05, 0.1) is 16.8 Å². The molecule has 1 aromatic heterocycles. The molecule has 64 heavy (non-hydrogen) atoms. The highest BCUT2D eigenvalue weighted by Gasteiger charge is 2.45. The second kappa shape index (κ2) is 21.5. The van der Waals surface area contributed by atoms with Gasteiger partial charge < -0.3 is 20.3 Å². The molecule has 12 heteroatoms. The van der Waals surface area contributed by atoms with Gasteiger partial charge in [0.25, 0.3) is 5.91 Å². The van der Waals surface area contributed by atoms with E-state index in [2.05, 4.69) is 88.4 Å². The molecule has 7 rings (SSSR count). The van der Waals surface area contributed by atoms with Crippen molar-refractivity contribution in [2.24, 2.45) is 0 Å². The molecule has 0 spiro atoms. The monoisotopic (exact) mass is 914 g/mol. The van der Waals surface area contributed by atoms with E-state index in [4.69, 9.17) is 4.74 Å². The van der Waals surface area contributed by atoms with Crippen molar-refractivity contribution in [3.05, 3.63) is 189 Å². The molecule has 2 N–H and O–H groups in total. The van der Waals surface area contributed by atoms with Crippen LogP contribution in [0.3, 0.4) is 0 Å². The lowest BCUT2D eigenvalue weighted by Crippen LogP contribution is -2.43. The summed E-state index contributed by atoms with van der Waals surface area (Å²) >= 11 is 4.73. The molecule has 2 amide bonds. The number of Topliss-reactive ketones (excluding diaryl/α,β-unsaturated/α-hetero) is 1. The third-order valence-electron chi connectivity index (χ3n) is 11.3. The first-order valence-electron chi connectivity index (χ1n) is 21.6. The smallest absolute Gasteiger partial charge is 0.410 e. The fraction of sp³-hybridized carbons (Fsp3) is 0.308. The number of hydrogen-bond donors (Lipinski definition) is 2. The average molecular weight is 915 g/mol. The van der Waals surface area contributed by atoms with Crippen LogP contribution in [-0.4, -0.2) is 75.7 Å². The topological polar surface area (TPSA) is 101 Å². The van der Waals surface area contributed by atoms with E-state index in [0.717, 1.165) is 27.8 Å². The van der Waals surface area contributed by atoms with Crippen molar-refractivity contribution in [2.75, 3.05) is 30.4 Å². The highest BCUT2D eigenvalue weighted by atomic mass is 32.2. The Bertz CT molecular complexity index is 2350. The normalized spacial score (nSPS) is 15.7. The van der Waals surface area contributed by atoms with Crippen LogP contribution in [0.2, 0.25) is 0 Å². The predicted octanol–water partition coefficient (Wildman–Crippen LogP) is 11.3. The van der Waals surface area contributed by atoms with Crippen molar-refractivity contribution in [3.8, 4) is 0 Å². The number of hydrogen-bond acceptors (Lipinski definition) is 9. The van der Waals surface area contributed by atoms with Crippen molar-refractivity contribution in [3.63, 3.8) is 0 Å². The maximum Gasteiger partial charge on any atom is 0.410 e. The molecule has 1 aliphatic heterocycles. The van der Waals surface area contributed by atoms with Gasteiger partial charge in [-0.25, -0.2) is 14.2 Å². The second-order valence-electron chi connectivity index (χ2n) is 16.9. The maximum absolute atomic E-state index is 14.3. The highest BCUT2D eigenvalue weighted by molar-refractivity contribution is 8.01. The molecule has 1 fully saturated rings. The summed E-state index contributed by atoms with van der Waals surface area (Å²) in [6, 6.07) is 42.8. The molecule has 0 unspecified atom stereocenters. The van der Waals surface area contributed by atoms with Crippen LogP contribution < -0.4 is 10.6 Å². The van der Waals surface area contributed by atoms with Gasteiger partial charge in [-0.05, 0) is 111 Å². The number of thiazole rings is 1. The summed E-state index contributed by atoms with van der Waals surface area (Å²) in [5.41, 5.74) is 5.64. The van der Waals surface area contributed by atoms with Crippen LogP contribution in [0.15, 0.2) is 145 Å².